The van der Waals surface area contributed by atoms with Gasteiger partial charge in [-0.25, -0.2) is 0 Å². The molecule has 0 aromatic carbocycles. The molecule has 1 aliphatic carbocycles. The molecule has 4 heteroatoms. The van der Waals surface area contributed by atoms with E-state index >= 15 is 0 Å². The van der Waals surface area contributed by atoms with Gasteiger partial charge in [-0.05, 0) is 19.8 Å². The van der Waals surface area contributed by atoms with Crippen LogP contribution in [0.5, 0.6) is 0 Å². The van der Waals surface area contributed by atoms with Gasteiger partial charge in [-0.3, -0.25) is 4.79 Å². The summed E-state index contributed by atoms with van der Waals surface area (Å²) >= 11 is 0. The number of likely N-dealkylation sites (N-methyl/N-ethyl adjacent to an activating group) is 1. The number of rotatable bonds is 5. The standard InChI is InChI=1S/C11H22N2O2/c1-9(10(15)12-2)13-7-11(8-14)5-3-4-6-11/h9,13-14H,3-8H2,1-2H3,(H,12,15). The number of aliphatic hydroxyl groups is 1. The Morgan fingerprint density at radius 3 is 2.53 bits per heavy atom. The monoisotopic (exact) mass is 214 g/mol. The maximum absolute atomic E-state index is 11.3. The molecule has 0 aliphatic heterocycles. The van der Waals surface area contributed by atoms with Crippen molar-refractivity contribution in [2.45, 2.75) is 38.6 Å². The fourth-order valence-electron chi connectivity index (χ4n) is 2.19. The van der Waals surface area contributed by atoms with E-state index in [4.69, 9.17) is 0 Å². The Morgan fingerprint density at radius 2 is 2.07 bits per heavy atom. The van der Waals surface area contributed by atoms with E-state index in [0.717, 1.165) is 19.4 Å². The van der Waals surface area contributed by atoms with Crippen molar-refractivity contribution in [3.63, 3.8) is 0 Å². The van der Waals surface area contributed by atoms with Crippen LogP contribution in [0.1, 0.15) is 32.6 Å². The number of hydrogen-bond acceptors (Lipinski definition) is 3. The molecule has 0 heterocycles. The second kappa shape index (κ2) is 5.47. The van der Waals surface area contributed by atoms with Crippen LogP contribution in [0.3, 0.4) is 0 Å². The maximum atomic E-state index is 11.3. The van der Waals surface area contributed by atoms with Crippen molar-refractivity contribution in [1.29, 1.82) is 0 Å². The van der Waals surface area contributed by atoms with E-state index in [0.29, 0.717) is 0 Å². The second-order valence-corrected chi connectivity index (χ2v) is 4.58. The molecule has 1 atom stereocenters. The van der Waals surface area contributed by atoms with E-state index < -0.39 is 0 Å². The van der Waals surface area contributed by atoms with E-state index in [-0.39, 0.29) is 24.0 Å². The second-order valence-electron chi connectivity index (χ2n) is 4.58. The number of aliphatic hydroxyl groups excluding tert-OH is 1. The molecule has 1 aliphatic rings. The molecule has 1 unspecified atom stereocenters. The molecule has 1 amide bonds. The molecule has 88 valence electrons. The van der Waals surface area contributed by atoms with Gasteiger partial charge in [0.2, 0.25) is 5.91 Å². The molecular formula is C11H22N2O2. The predicted octanol–water partition coefficient (Wildman–Crippen LogP) is 0.263. The third kappa shape index (κ3) is 3.18. The molecule has 0 saturated heterocycles. The lowest BCUT2D eigenvalue weighted by molar-refractivity contribution is -0.122. The summed E-state index contributed by atoms with van der Waals surface area (Å²) in [6.07, 6.45) is 4.51. The molecule has 1 saturated carbocycles. The van der Waals surface area contributed by atoms with E-state index in [9.17, 15) is 9.90 Å². The van der Waals surface area contributed by atoms with Crippen LogP contribution in [-0.4, -0.2) is 37.3 Å². The Kier molecular flexibility index (Phi) is 4.54. The Morgan fingerprint density at radius 1 is 1.47 bits per heavy atom. The molecule has 1 rings (SSSR count). The zero-order chi connectivity index (χ0) is 11.3. The zero-order valence-corrected chi connectivity index (χ0v) is 9.68. The van der Waals surface area contributed by atoms with Gasteiger partial charge in [0.1, 0.15) is 0 Å². The van der Waals surface area contributed by atoms with Crippen LogP contribution in [0.15, 0.2) is 0 Å². The summed E-state index contributed by atoms with van der Waals surface area (Å²) < 4.78 is 0. The van der Waals surface area contributed by atoms with Crippen LogP contribution in [0.4, 0.5) is 0 Å². The lowest BCUT2D eigenvalue weighted by atomic mass is 9.87. The first kappa shape index (κ1) is 12.5. The fourth-order valence-corrected chi connectivity index (χ4v) is 2.19. The number of amides is 1. The average Bonchev–Trinajstić information content (AvgIpc) is 2.74. The molecule has 0 bridgehead atoms. The summed E-state index contributed by atoms with van der Waals surface area (Å²) in [6.45, 7) is 2.80. The number of nitrogens with one attached hydrogen (secondary N) is 2. The van der Waals surface area contributed by atoms with Crippen molar-refractivity contribution in [2.75, 3.05) is 20.2 Å². The topological polar surface area (TPSA) is 61.4 Å². The number of carbonyl (C=O) groups excluding carboxylic acids is 1. The van der Waals surface area contributed by atoms with Gasteiger partial charge in [-0.15, -0.1) is 0 Å². The van der Waals surface area contributed by atoms with Gasteiger partial charge in [-0.1, -0.05) is 12.8 Å². The minimum Gasteiger partial charge on any atom is -0.396 e. The van der Waals surface area contributed by atoms with E-state index in [2.05, 4.69) is 10.6 Å². The van der Waals surface area contributed by atoms with Gasteiger partial charge < -0.3 is 15.7 Å². The quantitative estimate of drug-likeness (QED) is 0.615. The van der Waals surface area contributed by atoms with Crippen LogP contribution in [0, 0.1) is 5.41 Å². The van der Waals surface area contributed by atoms with E-state index in [1.807, 2.05) is 6.92 Å². The van der Waals surface area contributed by atoms with Crippen molar-refractivity contribution in [3.05, 3.63) is 0 Å². The first-order valence-electron chi connectivity index (χ1n) is 5.69. The molecule has 4 nitrogen and oxygen atoms in total. The summed E-state index contributed by atoms with van der Waals surface area (Å²) in [5.74, 6) is 0.00101. The molecule has 0 aromatic rings. The third-order valence-electron chi connectivity index (χ3n) is 3.42. The van der Waals surface area contributed by atoms with Gasteiger partial charge in [0.25, 0.3) is 0 Å². The van der Waals surface area contributed by atoms with Crippen molar-refractivity contribution in [3.8, 4) is 0 Å². The highest BCUT2D eigenvalue weighted by molar-refractivity contribution is 5.80. The van der Waals surface area contributed by atoms with Gasteiger partial charge >= 0.3 is 0 Å². The first-order valence-corrected chi connectivity index (χ1v) is 5.69. The molecule has 3 N–H and O–H groups in total. The Hall–Kier alpha value is -0.610. The van der Waals surface area contributed by atoms with Gasteiger partial charge in [0.15, 0.2) is 0 Å². The number of carbonyl (C=O) groups is 1. The van der Waals surface area contributed by atoms with Crippen LogP contribution >= 0.6 is 0 Å². The lowest BCUT2D eigenvalue weighted by Crippen LogP contribution is -2.46. The predicted molar refractivity (Wildman–Crippen MR) is 59.5 cm³/mol. The zero-order valence-electron chi connectivity index (χ0n) is 9.68. The third-order valence-corrected chi connectivity index (χ3v) is 3.42. The van der Waals surface area contributed by atoms with Crippen LogP contribution in [0.25, 0.3) is 0 Å². The highest BCUT2D eigenvalue weighted by Gasteiger charge is 2.33. The largest absolute Gasteiger partial charge is 0.396 e. The summed E-state index contributed by atoms with van der Waals surface area (Å²) in [6, 6.07) is -0.181. The molecule has 0 aromatic heterocycles. The molecule has 0 radical (unpaired) electrons. The van der Waals surface area contributed by atoms with Crippen LogP contribution in [-0.2, 0) is 4.79 Å². The fraction of sp³-hybridized carbons (Fsp3) is 0.909. The summed E-state index contributed by atoms with van der Waals surface area (Å²) in [5, 5.41) is 15.2. The van der Waals surface area contributed by atoms with E-state index in [1.54, 1.807) is 7.05 Å². The summed E-state index contributed by atoms with van der Waals surface area (Å²) in [7, 11) is 1.64. The van der Waals surface area contributed by atoms with Crippen molar-refractivity contribution < 1.29 is 9.90 Å². The average molecular weight is 214 g/mol. The number of hydrogen-bond donors (Lipinski definition) is 3. The SMILES string of the molecule is CNC(=O)C(C)NCC1(CO)CCCC1. The summed E-state index contributed by atoms with van der Waals surface area (Å²) in [4.78, 5) is 11.3. The normalized spacial score (nSPS) is 21.3. The first-order chi connectivity index (χ1) is 7.13. The van der Waals surface area contributed by atoms with Gasteiger partial charge in [0.05, 0.1) is 6.04 Å². The van der Waals surface area contributed by atoms with Gasteiger partial charge in [0, 0.05) is 25.6 Å². The molecule has 0 spiro atoms. The lowest BCUT2D eigenvalue weighted by Gasteiger charge is -2.28. The van der Waals surface area contributed by atoms with Crippen molar-refractivity contribution >= 4 is 5.91 Å². The van der Waals surface area contributed by atoms with E-state index in [1.165, 1.54) is 12.8 Å². The Labute approximate surface area is 91.4 Å². The van der Waals surface area contributed by atoms with Crippen LogP contribution in [0.2, 0.25) is 0 Å². The molecule has 1 fully saturated rings. The minimum absolute atomic E-state index is 0.00101. The van der Waals surface area contributed by atoms with Crippen molar-refractivity contribution in [2.24, 2.45) is 5.41 Å². The van der Waals surface area contributed by atoms with Crippen molar-refractivity contribution in [1.82, 2.24) is 10.6 Å². The Balaban J connectivity index is 2.37. The maximum Gasteiger partial charge on any atom is 0.236 e. The van der Waals surface area contributed by atoms with Gasteiger partial charge in [-0.2, -0.15) is 0 Å². The Bertz CT molecular complexity index is 213. The smallest absolute Gasteiger partial charge is 0.236 e. The highest BCUT2D eigenvalue weighted by atomic mass is 16.3. The minimum atomic E-state index is -0.181. The molecule has 15 heavy (non-hydrogen) atoms. The summed E-state index contributed by atoms with van der Waals surface area (Å²) in [5.41, 5.74) is 0.0162. The van der Waals surface area contributed by atoms with Crippen LogP contribution < -0.4 is 10.6 Å². The molecular weight excluding hydrogens is 192 g/mol. The highest BCUT2D eigenvalue weighted by Crippen LogP contribution is 2.36.